The molecule has 0 unspecified atom stereocenters. The Hall–Kier alpha value is -1.96. The SMILES string of the molecule is CCC/C=C(\C(=O)O)c1nsc(NC(=O)OC(C)(C)C)n1. The Morgan fingerprint density at radius 3 is 2.62 bits per heavy atom. The van der Waals surface area contributed by atoms with Crippen molar-refractivity contribution in [1.29, 1.82) is 0 Å². The van der Waals surface area contributed by atoms with Crippen molar-refractivity contribution in [2.24, 2.45) is 0 Å². The van der Waals surface area contributed by atoms with Crippen LogP contribution in [0.1, 0.15) is 46.4 Å². The molecule has 7 nitrogen and oxygen atoms in total. The predicted octanol–water partition coefficient (Wildman–Crippen LogP) is 3.15. The standard InChI is InChI=1S/C13H19N3O4S/c1-5-6-7-8(10(17)18)9-14-11(21-16-9)15-12(19)20-13(2,3)4/h7H,5-6H2,1-4H3,(H,17,18)(H,14,15,16,19)/b8-7-. The Bertz CT molecular complexity index is 546. The Morgan fingerprint density at radius 2 is 2.10 bits per heavy atom. The lowest BCUT2D eigenvalue weighted by Gasteiger charge is -2.18. The number of rotatable bonds is 5. The van der Waals surface area contributed by atoms with Gasteiger partial charge in [-0.1, -0.05) is 19.4 Å². The number of nitrogens with one attached hydrogen (secondary N) is 1. The number of carboxylic acids is 1. The Balaban J connectivity index is 2.80. The van der Waals surface area contributed by atoms with Crippen molar-refractivity contribution in [2.45, 2.75) is 46.1 Å². The summed E-state index contributed by atoms with van der Waals surface area (Å²) in [6.07, 6.45) is 2.36. The molecule has 1 heterocycles. The maximum Gasteiger partial charge on any atom is 0.414 e. The molecule has 0 bridgehead atoms. The maximum atomic E-state index is 11.6. The fourth-order valence-corrected chi connectivity index (χ4v) is 1.91. The number of hydrogen-bond acceptors (Lipinski definition) is 6. The van der Waals surface area contributed by atoms with E-state index in [1.807, 2.05) is 6.92 Å². The normalized spacial score (nSPS) is 12.1. The number of aliphatic carboxylic acids is 1. The molecule has 8 heteroatoms. The zero-order valence-electron chi connectivity index (χ0n) is 12.5. The van der Waals surface area contributed by atoms with Gasteiger partial charge in [0.15, 0.2) is 5.82 Å². The lowest BCUT2D eigenvalue weighted by molar-refractivity contribution is -0.130. The lowest BCUT2D eigenvalue weighted by Crippen LogP contribution is -2.27. The van der Waals surface area contributed by atoms with E-state index in [0.717, 1.165) is 18.0 Å². The number of carbonyl (C=O) groups excluding carboxylic acids is 1. The van der Waals surface area contributed by atoms with Crippen LogP contribution < -0.4 is 5.32 Å². The van der Waals surface area contributed by atoms with Gasteiger partial charge in [0, 0.05) is 11.5 Å². The van der Waals surface area contributed by atoms with Crippen molar-refractivity contribution in [3.05, 3.63) is 11.9 Å². The van der Waals surface area contributed by atoms with Crippen LogP contribution in [0.4, 0.5) is 9.93 Å². The summed E-state index contributed by atoms with van der Waals surface area (Å²) < 4.78 is 9.03. The summed E-state index contributed by atoms with van der Waals surface area (Å²) in [6.45, 7) is 7.18. The summed E-state index contributed by atoms with van der Waals surface area (Å²) in [5, 5.41) is 11.8. The first-order valence-corrected chi connectivity index (χ1v) is 7.28. The number of ether oxygens (including phenoxy) is 1. The van der Waals surface area contributed by atoms with Crippen LogP contribution in [0.2, 0.25) is 0 Å². The molecular formula is C13H19N3O4S. The van der Waals surface area contributed by atoms with Crippen molar-refractivity contribution in [3.8, 4) is 0 Å². The second-order valence-corrected chi connectivity index (χ2v) is 6.01. The Morgan fingerprint density at radius 1 is 1.43 bits per heavy atom. The van der Waals surface area contributed by atoms with Crippen LogP contribution in [0.5, 0.6) is 0 Å². The zero-order valence-corrected chi connectivity index (χ0v) is 13.3. The third-order valence-corrected chi connectivity index (χ3v) is 2.77. The number of carboxylic acid groups (broad SMARTS) is 1. The van der Waals surface area contributed by atoms with Crippen molar-refractivity contribution in [1.82, 2.24) is 9.36 Å². The summed E-state index contributed by atoms with van der Waals surface area (Å²) in [7, 11) is 0. The molecule has 0 fully saturated rings. The monoisotopic (exact) mass is 313 g/mol. The van der Waals surface area contributed by atoms with E-state index < -0.39 is 17.7 Å². The van der Waals surface area contributed by atoms with E-state index in [2.05, 4.69) is 14.7 Å². The molecule has 1 aromatic heterocycles. The highest BCUT2D eigenvalue weighted by Crippen LogP contribution is 2.19. The van der Waals surface area contributed by atoms with Crippen LogP contribution >= 0.6 is 11.5 Å². The van der Waals surface area contributed by atoms with Gasteiger partial charge in [-0.2, -0.15) is 9.36 Å². The highest BCUT2D eigenvalue weighted by atomic mass is 32.1. The van der Waals surface area contributed by atoms with Gasteiger partial charge in [-0.25, -0.2) is 9.59 Å². The minimum atomic E-state index is -1.09. The van der Waals surface area contributed by atoms with Gasteiger partial charge in [0.25, 0.3) is 0 Å². The van der Waals surface area contributed by atoms with Crippen LogP contribution in [0.25, 0.3) is 5.57 Å². The van der Waals surface area contributed by atoms with Gasteiger partial charge in [0.05, 0.1) is 0 Å². The third kappa shape index (κ3) is 5.90. The van der Waals surface area contributed by atoms with Crippen molar-refractivity contribution in [2.75, 3.05) is 5.32 Å². The van der Waals surface area contributed by atoms with E-state index in [4.69, 9.17) is 9.84 Å². The molecular weight excluding hydrogens is 294 g/mol. The van der Waals surface area contributed by atoms with Crippen molar-refractivity contribution >= 4 is 34.3 Å². The number of unbranched alkanes of at least 4 members (excludes halogenated alkanes) is 1. The zero-order chi connectivity index (χ0) is 16.0. The largest absolute Gasteiger partial charge is 0.478 e. The van der Waals surface area contributed by atoms with Gasteiger partial charge >= 0.3 is 12.1 Å². The number of anilines is 1. The first kappa shape index (κ1) is 17.1. The fourth-order valence-electron chi connectivity index (χ4n) is 1.34. The van der Waals surface area contributed by atoms with E-state index in [-0.39, 0.29) is 16.5 Å². The molecule has 0 saturated heterocycles. The average molecular weight is 313 g/mol. The molecule has 21 heavy (non-hydrogen) atoms. The van der Waals surface area contributed by atoms with Gasteiger partial charge in [0.1, 0.15) is 11.2 Å². The molecule has 0 spiro atoms. The number of aromatic nitrogens is 2. The number of nitrogens with zero attached hydrogens (tertiary/aromatic N) is 2. The van der Waals surface area contributed by atoms with Crippen LogP contribution in [0.3, 0.4) is 0 Å². The highest BCUT2D eigenvalue weighted by Gasteiger charge is 2.19. The second kappa shape index (κ2) is 7.16. The number of amides is 1. The smallest absolute Gasteiger partial charge is 0.414 e. The van der Waals surface area contributed by atoms with Crippen molar-refractivity contribution in [3.63, 3.8) is 0 Å². The number of allylic oxidation sites excluding steroid dienone is 1. The minimum Gasteiger partial charge on any atom is -0.478 e. The van der Waals surface area contributed by atoms with Gasteiger partial charge in [0.2, 0.25) is 5.13 Å². The molecule has 0 saturated carbocycles. The Kier molecular flexibility index (Phi) is 5.83. The lowest BCUT2D eigenvalue weighted by atomic mass is 10.2. The summed E-state index contributed by atoms with van der Waals surface area (Å²) in [5.74, 6) is -1.00. The molecule has 0 atom stereocenters. The van der Waals surface area contributed by atoms with Gasteiger partial charge in [-0.05, 0) is 27.2 Å². The molecule has 1 rings (SSSR count). The molecule has 0 radical (unpaired) electrons. The Labute approximate surface area is 127 Å². The van der Waals surface area contributed by atoms with Crippen LogP contribution in [0.15, 0.2) is 6.08 Å². The van der Waals surface area contributed by atoms with Crippen molar-refractivity contribution < 1.29 is 19.4 Å². The second-order valence-electron chi connectivity index (χ2n) is 5.26. The number of hydrogen-bond donors (Lipinski definition) is 2. The maximum absolute atomic E-state index is 11.6. The highest BCUT2D eigenvalue weighted by molar-refractivity contribution is 7.10. The quantitative estimate of drug-likeness (QED) is 0.810. The summed E-state index contributed by atoms with van der Waals surface area (Å²) in [6, 6.07) is 0. The molecule has 0 aliphatic heterocycles. The fraction of sp³-hybridized carbons (Fsp3) is 0.538. The molecule has 1 amide bonds. The summed E-state index contributed by atoms with van der Waals surface area (Å²) >= 11 is 0.906. The van der Waals surface area contributed by atoms with E-state index in [9.17, 15) is 9.59 Å². The van der Waals surface area contributed by atoms with E-state index >= 15 is 0 Å². The first-order valence-electron chi connectivity index (χ1n) is 6.50. The molecule has 0 aliphatic rings. The van der Waals surface area contributed by atoms with Crippen LogP contribution in [-0.2, 0) is 9.53 Å². The summed E-state index contributed by atoms with van der Waals surface area (Å²) in [4.78, 5) is 26.8. The van der Waals surface area contributed by atoms with E-state index in [1.165, 1.54) is 0 Å². The van der Waals surface area contributed by atoms with Gasteiger partial charge in [-0.3, -0.25) is 5.32 Å². The van der Waals surface area contributed by atoms with Gasteiger partial charge < -0.3 is 9.84 Å². The molecule has 0 aromatic carbocycles. The van der Waals surface area contributed by atoms with Crippen LogP contribution in [-0.4, -0.2) is 32.1 Å². The average Bonchev–Trinajstić information content (AvgIpc) is 2.74. The topological polar surface area (TPSA) is 101 Å². The third-order valence-electron chi connectivity index (χ3n) is 2.14. The molecule has 0 aliphatic carbocycles. The number of carbonyl (C=O) groups is 2. The van der Waals surface area contributed by atoms with E-state index in [1.54, 1.807) is 26.8 Å². The van der Waals surface area contributed by atoms with Crippen LogP contribution in [0, 0.1) is 0 Å². The molecule has 1 aromatic rings. The van der Waals surface area contributed by atoms with E-state index in [0.29, 0.717) is 6.42 Å². The van der Waals surface area contributed by atoms with Gasteiger partial charge in [-0.15, -0.1) is 0 Å². The molecule has 116 valence electrons. The first-order chi connectivity index (χ1) is 9.73. The summed E-state index contributed by atoms with van der Waals surface area (Å²) in [5.41, 5.74) is -0.587. The minimum absolute atomic E-state index is 0.0327. The predicted molar refractivity (Wildman–Crippen MR) is 80.3 cm³/mol. The molecule has 2 N–H and O–H groups in total.